The second-order valence-corrected chi connectivity index (χ2v) is 6.38. The summed E-state index contributed by atoms with van der Waals surface area (Å²) in [5.74, 6) is -1.01. The quantitative estimate of drug-likeness (QED) is 0.769. The summed E-state index contributed by atoms with van der Waals surface area (Å²) in [5.41, 5.74) is 2.10. The van der Waals surface area contributed by atoms with Crippen molar-refractivity contribution in [1.29, 1.82) is 0 Å². The molecule has 1 aromatic heterocycles. The van der Waals surface area contributed by atoms with E-state index >= 15 is 0 Å². The highest BCUT2D eigenvalue weighted by atomic mass is 16.5. The number of rotatable bonds is 7. The minimum atomic E-state index is -0.945. The van der Waals surface area contributed by atoms with Crippen molar-refractivity contribution in [2.75, 3.05) is 32.8 Å². The van der Waals surface area contributed by atoms with Crippen LogP contribution < -0.4 is 5.32 Å². The fraction of sp³-hybridized carbons (Fsp3) is 0.350. The molecule has 1 aliphatic rings. The maximum atomic E-state index is 12.9. The lowest BCUT2D eigenvalue weighted by Crippen LogP contribution is -2.46. The highest BCUT2D eigenvalue weighted by Gasteiger charge is 2.28. The first-order valence-corrected chi connectivity index (χ1v) is 8.97. The van der Waals surface area contributed by atoms with Crippen LogP contribution in [0.1, 0.15) is 27.5 Å². The standard InChI is InChI=1S/C20H23N3O4/c24-19(22-9-7-15-3-5-16(6-4-15)20(25)26)18(17-2-1-8-21-14-17)23-10-12-27-13-11-23/h1-6,8,14,18H,7,9-13H2,(H,22,24)(H,25,26). The van der Waals surface area contributed by atoms with E-state index < -0.39 is 12.0 Å². The molecule has 1 aliphatic heterocycles. The molecule has 7 heteroatoms. The Hall–Kier alpha value is -2.77. The molecule has 142 valence electrons. The molecule has 2 N–H and O–H groups in total. The minimum Gasteiger partial charge on any atom is -0.478 e. The van der Waals surface area contributed by atoms with Crippen LogP contribution in [0.25, 0.3) is 0 Å². The molecular weight excluding hydrogens is 346 g/mol. The summed E-state index contributed by atoms with van der Waals surface area (Å²) in [4.78, 5) is 30.0. The van der Waals surface area contributed by atoms with Gasteiger partial charge < -0.3 is 15.2 Å². The molecule has 0 bridgehead atoms. The molecule has 0 saturated carbocycles. The second kappa shape index (κ2) is 9.25. The average Bonchev–Trinajstić information content (AvgIpc) is 2.70. The summed E-state index contributed by atoms with van der Waals surface area (Å²) >= 11 is 0. The first kappa shape index (κ1) is 19.0. The largest absolute Gasteiger partial charge is 0.478 e. The van der Waals surface area contributed by atoms with Gasteiger partial charge in [-0.3, -0.25) is 14.7 Å². The van der Waals surface area contributed by atoms with E-state index in [-0.39, 0.29) is 11.5 Å². The molecule has 1 unspecified atom stereocenters. The molecule has 1 amide bonds. The highest BCUT2D eigenvalue weighted by molar-refractivity contribution is 5.87. The Balaban J connectivity index is 1.61. The van der Waals surface area contributed by atoms with Gasteiger partial charge in [-0.15, -0.1) is 0 Å². The molecule has 2 heterocycles. The smallest absolute Gasteiger partial charge is 0.335 e. The summed E-state index contributed by atoms with van der Waals surface area (Å²) < 4.78 is 5.40. The molecular formula is C20H23N3O4. The Morgan fingerprint density at radius 2 is 1.93 bits per heavy atom. The average molecular weight is 369 g/mol. The van der Waals surface area contributed by atoms with Gasteiger partial charge in [-0.1, -0.05) is 18.2 Å². The first-order chi connectivity index (χ1) is 13.1. The van der Waals surface area contributed by atoms with Crippen molar-refractivity contribution in [3.05, 3.63) is 65.5 Å². The molecule has 1 aromatic carbocycles. The van der Waals surface area contributed by atoms with Crippen LogP contribution >= 0.6 is 0 Å². The van der Waals surface area contributed by atoms with Gasteiger partial charge in [0.2, 0.25) is 5.91 Å². The van der Waals surface area contributed by atoms with Gasteiger partial charge in [0.05, 0.1) is 18.8 Å². The minimum absolute atomic E-state index is 0.0629. The number of carbonyl (C=O) groups excluding carboxylic acids is 1. The third kappa shape index (κ3) is 5.12. The fourth-order valence-electron chi connectivity index (χ4n) is 3.14. The summed E-state index contributed by atoms with van der Waals surface area (Å²) in [6.45, 7) is 3.10. The van der Waals surface area contributed by atoms with Crippen LogP contribution in [0.3, 0.4) is 0 Å². The number of hydrogen-bond donors (Lipinski definition) is 2. The van der Waals surface area contributed by atoms with Crippen LogP contribution in [0.15, 0.2) is 48.8 Å². The highest BCUT2D eigenvalue weighted by Crippen LogP contribution is 2.21. The Morgan fingerprint density at radius 1 is 1.19 bits per heavy atom. The predicted molar refractivity (Wildman–Crippen MR) is 99.5 cm³/mol. The van der Waals surface area contributed by atoms with Crippen LogP contribution in [-0.2, 0) is 16.0 Å². The van der Waals surface area contributed by atoms with Crippen molar-refractivity contribution in [1.82, 2.24) is 15.2 Å². The van der Waals surface area contributed by atoms with Crippen LogP contribution in [-0.4, -0.2) is 59.7 Å². The lowest BCUT2D eigenvalue weighted by atomic mass is 10.1. The van der Waals surface area contributed by atoms with Gasteiger partial charge in [0, 0.05) is 32.0 Å². The summed E-state index contributed by atoms with van der Waals surface area (Å²) in [6.07, 6.45) is 4.05. The number of benzene rings is 1. The monoisotopic (exact) mass is 369 g/mol. The number of amides is 1. The zero-order chi connectivity index (χ0) is 19.1. The van der Waals surface area contributed by atoms with E-state index in [4.69, 9.17) is 9.84 Å². The van der Waals surface area contributed by atoms with Gasteiger partial charge >= 0.3 is 5.97 Å². The van der Waals surface area contributed by atoms with Gasteiger partial charge in [0.25, 0.3) is 0 Å². The Kier molecular flexibility index (Phi) is 6.51. The summed E-state index contributed by atoms with van der Waals surface area (Å²) in [5, 5.41) is 11.9. The van der Waals surface area contributed by atoms with E-state index in [1.165, 1.54) is 0 Å². The van der Waals surface area contributed by atoms with Gasteiger partial charge in [-0.2, -0.15) is 0 Å². The first-order valence-electron chi connectivity index (χ1n) is 8.97. The number of carboxylic acids is 1. The lowest BCUT2D eigenvalue weighted by molar-refractivity contribution is -0.128. The number of hydrogen-bond acceptors (Lipinski definition) is 5. The van der Waals surface area contributed by atoms with Crippen LogP contribution in [0.2, 0.25) is 0 Å². The van der Waals surface area contributed by atoms with Crippen LogP contribution in [0.4, 0.5) is 0 Å². The van der Waals surface area contributed by atoms with Crippen molar-refractivity contribution < 1.29 is 19.4 Å². The van der Waals surface area contributed by atoms with Crippen LogP contribution in [0, 0.1) is 0 Å². The number of nitrogens with zero attached hydrogens (tertiary/aromatic N) is 2. The molecule has 0 radical (unpaired) electrons. The fourth-order valence-corrected chi connectivity index (χ4v) is 3.14. The van der Waals surface area contributed by atoms with Crippen LogP contribution in [0.5, 0.6) is 0 Å². The molecule has 7 nitrogen and oxygen atoms in total. The van der Waals surface area contributed by atoms with Gasteiger partial charge in [0.15, 0.2) is 0 Å². The van der Waals surface area contributed by atoms with E-state index in [2.05, 4.69) is 15.2 Å². The van der Waals surface area contributed by atoms with Gasteiger partial charge in [-0.25, -0.2) is 4.79 Å². The van der Waals surface area contributed by atoms with Crippen molar-refractivity contribution in [3.8, 4) is 0 Å². The van der Waals surface area contributed by atoms with Crippen molar-refractivity contribution in [3.63, 3.8) is 0 Å². The molecule has 1 atom stereocenters. The third-order valence-electron chi connectivity index (χ3n) is 4.57. The number of pyridine rings is 1. The normalized spacial score (nSPS) is 15.9. The number of carboxylic acid groups (broad SMARTS) is 1. The molecule has 1 saturated heterocycles. The number of carbonyl (C=O) groups is 2. The number of aromatic carboxylic acids is 1. The van der Waals surface area contributed by atoms with E-state index in [1.54, 1.807) is 36.7 Å². The number of morpholine rings is 1. The Labute approximate surface area is 158 Å². The lowest BCUT2D eigenvalue weighted by Gasteiger charge is -2.33. The zero-order valence-corrected chi connectivity index (χ0v) is 15.0. The van der Waals surface area contributed by atoms with Gasteiger partial charge in [-0.05, 0) is 35.7 Å². The Bertz CT molecular complexity index is 759. The maximum absolute atomic E-state index is 12.9. The molecule has 2 aromatic rings. The molecule has 1 fully saturated rings. The van der Waals surface area contributed by atoms with E-state index in [0.29, 0.717) is 39.3 Å². The van der Waals surface area contributed by atoms with Gasteiger partial charge in [0.1, 0.15) is 6.04 Å². The maximum Gasteiger partial charge on any atom is 0.335 e. The van der Waals surface area contributed by atoms with E-state index in [1.807, 2.05) is 12.1 Å². The zero-order valence-electron chi connectivity index (χ0n) is 15.0. The van der Waals surface area contributed by atoms with Crippen molar-refractivity contribution >= 4 is 11.9 Å². The predicted octanol–water partition coefficient (Wildman–Crippen LogP) is 1.51. The molecule has 3 rings (SSSR count). The molecule has 27 heavy (non-hydrogen) atoms. The van der Waals surface area contributed by atoms with E-state index in [9.17, 15) is 9.59 Å². The number of aromatic nitrogens is 1. The second-order valence-electron chi connectivity index (χ2n) is 6.38. The van der Waals surface area contributed by atoms with Crippen molar-refractivity contribution in [2.45, 2.75) is 12.5 Å². The molecule has 0 spiro atoms. The van der Waals surface area contributed by atoms with E-state index in [0.717, 1.165) is 11.1 Å². The molecule has 0 aliphatic carbocycles. The summed E-state index contributed by atoms with van der Waals surface area (Å²) in [6, 6.07) is 10.1. The number of ether oxygens (including phenoxy) is 1. The SMILES string of the molecule is O=C(O)c1ccc(CCNC(=O)C(c2cccnc2)N2CCOCC2)cc1. The topological polar surface area (TPSA) is 91.8 Å². The Morgan fingerprint density at radius 3 is 2.56 bits per heavy atom. The number of nitrogens with one attached hydrogen (secondary N) is 1. The third-order valence-corrected chi connectivity index (χ3v) is 4.57. The van der Waals surface area contributed by atoms with Crippen molar-refractivity contribution in [2.24, 2.45) is 0 Å². The summed E-state index contributed by atoms with van der Waals surface area (Å²) in [7, 11) is 0.